The minimum Gasteiger partial charge on any atom is -0.462 e. The molecule has 6 nitrogen and oxygen atoms in total. The fourth-order valence-electron chi connectivity index (χ4n) is 1.59. The van der Waals surface area contributed by atoms with Gasteiger partial charge < -0.3 is 10.1 Å². The molecule has 104 valence electrons. The van der Waals surface area contributed by atoms with Crippen LogP contribution in [0.15, 0.2) is 47.4 Å². The van der Waals surface area contributed by atoms with Gasteiger partial charge >= 0.3 is 11.7 Å². The zero-order valence-electron chi connectivity index (χ0n) is 10.8. The maximum atomic E-state index is 11.6. The number of H-pyrrole nitrogens is 1. The lowest BCUT2D eigenvalue weighted by Gasteiger charge is -2.06. The fraction of sp³-hybridized carbons (Fsp3) is 0.214. The molecule has 0 unspecified atom stereocenters. The minimum atomic E-state index is -0.398. The molecule has 2 aromatic rings. The second-order valence-corrected chi connectivity index (χ2v) is 4.07. The smallest absolute Gasteiger partial charge is 0.346 e. The number of aromatic nitrogens is 2. The quantitative estimate of drug-likeness (QED) is 0.614. The predicted molar refractivity (Wildman–Crippen MR) is 74.7 cm³/mol. The van der Waals surface area contributed by atoms with Gasteiger partial charge in [0, 0.05) is 12.7 Å². The maximum Gasteiger partial charge on any atom is 0.346 e. The Labute approximate surface area is 115 Å². The lowest BCUT2D eigenvalue weighted by molar-refractivity contribution is 0.0504. The average molecular weight is 273 g/mol. The molecule has 0 aliphatic carbocycles. The Morgan fingerprint density at radius 1 is 1.25 bits per heavy atom. The molecule has 0 fully saturated rings. The highest BCUT2D eigenvalue weighted by molar-refractivity contribution is 5.89. The SMILES string of the molecule is O=C(OCCCNc1ccnc(=O)[nH]1)c1ccccc1. The van der Waals surface area contributed by atoms with Gasteiger partial charge in [0.25, 0.3) is 0 Å². The highest BCUT2D eigenvalue weighted by atomic mass is 16.5. The zero-order chi connectivity index (χ0) is 14.2. The van der Waals surface area contributed by atoms with E-state index < -0.39 is 5.69 Å². The second-order valence-electron chi connectivity index (χ2n) is 4.07. The Hall–Kier alpha value is -2.63. The zero-order valence-corrected chi connectivity index (χ0v) is 10.8. The third-order valence-electron chi connectivity index (χ3n) is 2.55. The van der Waals surface area contributed by atoms with Gasteiger partial charge in [-0.15, -0.1) is 0 Å². The third kappa shape index (κ3) is 4.24. The van der Waals surface area contributed by atoms with Crippen LogP contribution in [0.1, 0.15) is 16.8 Å². The Morgan fingerprint density at radius 3 is 2.80 bits per heavy atom. The molecule has 0 radical (unpaired) electrons. The first kappa shape index (κ1) is 13.8. The van der Waals surface area contributed by atoms with Gasteiger partial charge in [-0.05, 0) is 24.6 Å². The van der Waals surface area contributed by atoms with Crippen LogP contribution < -0.4 is 11.0 Å². The van der Waals surface area contributed by atoms with Crippen molar-refractivity contribution >= 4 is 11.8 Å². The largest absolute Gasteiger partial charge is 0.462 e. The van der Waals surface area contributed by atoms with E-state index in [1.807, 2.05) is 6.07 Å². The van der Waals surface area contributed by atoms with Crippen LogP contribution in [0.2, 0.25) is 0 Å². The number of hydrogen-bond donors (Lipinski definition) is 2. The van der Waals surface area contributed by atoms with Crippen molar-refractivity contribution in [1.29, 1.82) is 0 Å². The Kier molecular flexibility index (Phi) is 4.88. The van der Waals surface area contributed by atoms with E-state index in [0.717, 1.165) is 0 Å². The van der Waals surface area contributed by atoms with Gasteiger partial charge in [-0.3, -0.25) is 4.98 Å². The molecule has 0 aliphatic heterocycles. The van der Waals surface area contributed by atoms with Crippen molar-refractivity contribution in [2.24, 2.45) is 0 Å². The average Bonchev–Trinajstić information content (AvgIpc) is 2.48. The molecule has 2 rings (SSSR count). The summed E-state index contributed by atoms with van der Waals surface area (Å²) in [6, 6.07) is 10.5. The number of ether oxygens (including phenoxy) is 1. The van der Waals surface area contributed by atoms with E-state index in [2.05, 4.69) is 15.3 Å². The lowest BCUT2D eigenvalue weighted by atomic mass is 10.2. The number of esters is 1. The molecule has 0 bridgehead atoms. The van der Waals surface area contributed by atoms with Gasteiger partial charge in [-0.1, -0.05) is 18.2 Å². The summed E-state index contributed by atoms with van der Waals surface area (Å²) in [5.41, 5.74) is 0.143. The van der Waals surface area contributed by atoms with Crippen molar-refractivity contribution in [2.75, 3.05) is 18.5 Å². The molecule has 0 atom stereocenters. The normalized spacial score (nSPS) is 10.0. The highest BCUT2D eigenvalue weighted by Crippen LogP contribution is 2.02. The van der Waals surface area contributed by atoms with Crippen LogP contribution in [-0.2, 0) is 4.74 Å². The van der Waals surface area contributed by atoms with E-state index in [1.54, 1.807) is 30.3 Å². The van der Waals surface area contributed by atoms with E-state index in [4.69, 9.17) is 4.74 Å². The van der Waals surface area contributed by atoms with E-state index in [1.165, 1.54) is 6.20 Å². The molecule has 0 saturated heterocycles. The summed E-state index contributed by atoms with van der Waals surface area (Å²) in [5, 5.41) is 3.01. The summed E-state index contributed by atoms with van der Waals surface area (Å²) < 4.78 is 5.13. The standard InChI is InChI=1S/C14H15N3O3/c18-13(11-5-2-1-3-6-11)20-10-4-8-15-12-7-9-16-14(19)17-12/h1-3,5-7,9H,4,8,10H2,(H2,15,16,17,19). The van der Waals surface area contributed by atoms with Gasteiger partial charge in [0.2, 0.25) is 0 Å². The first-order valence-electron chi connectivity index (χ1n) is 6.27. The molecule has 20 heavy (non-hydrogen) atoms. The first-order chi connectivity index (χ1) is 9.75. The van der Waals surface area contributed by atoms with Gasteiger partial charge in [0.05, 0.1) is 12.2 Å². The van der Waals surface area contributed by atoms with E-state index in [0.29, 0.717) is 31.0 Å². The van der Waals surface area contributed by atoms with Crippen molar-refractivity contribution in [3.05, 3.63) is 58.6 Å². The number of benzene rings is 1. The summed E-state index contributed by atoms with van der Waals surface area (Å²) in [4.78, 5) is 28.6. The molecule has 2 N–H and O–H groups in total. The molecule has 0 spiro atoms. The predicted octanol–water partition coefficient (Wildman–Crippen LogP) is 1.43. The summed E-state index contributed by atoms with van der Waals surface area (Å²) in [7, 11) is 0. The summed E-state index contributed by atoms with van der Waals surface area (Å²) in [6.07, 6.45) is 2.07. The van der Waals surface area contributed by atoms with Crippen LogP contribution in [0.25, 0.3) is 0 Å². The number of carbonyl (C=O) groups excluding carboxylic acids is 1. The van der Waals surface area contributed by atoms with Crippen LogP contribution in [0.4, 0.5) is 5.82 Å². The van der Waals surface area contributed by atoms with Crippen molar-refractivity contribution in [3.8, 4) is 0 Å². The van der Waals surface area contributed by atoms with Crippen molar-refractivity contribution in [3.63, 3.8) is 0 Å². The van der Waals surface area contributed by atoms with Crippen LogP contribution in [0.5, 0.6) is 0 Å². The Bertz CT molecular complexity index is 610. The summed E-state index contributed by atoms with van der Waals surface area (Å²) in [6.45, 7) is 0.901. The third-order valence-corrected chi connectivity index (χ3v) is 2.55. The van der Waals surface area contributed by atoms with E-state index in [9.17, 15) is 9.59 Å². The van der Waals surface area contributed by atoms with Crippen LogP contribution >= 0.6 is 0 Å². The van der Waals surface area contributed by atoms with Crippen LogP contribution in [0, 0.1) is 0 Å². The van der Waals surface area contributed by atoms with Crippen molar-refractivity contribution < 1.29 is 9.53 Å². The number of nitrogens with one attached hydrogen (secondary N) is 2. The molecule has 0 saturated carbocycles. The maximum absolute atomic E-state index is 11.6. The monoisotopic (exact) mass is 273 g/mol. The Morgan fingerprint density at radius 2 is 2.05 bits per heavy atom. The Balaban J connectivity index is 1.67. The molecule has 0 aliphatic rings. The fourth-order valence-corrected chi connectivity index (χ4v) is 1.59. The lowest BCUT2D eigenvalue weighted by Crippen LogP contribution is -2.14. The molecule has 1 aromatic heterocycles. The first-order valence-corrected chi connectivity index (χ1v) is 6.27. The number of anilines is 1. The van der Waals surface area contributed by atoms with E-state index in [-0.39, 0.29) is 5.97 Å². The number of rotatable bonds is 6. The molecule has 6 heteroatoms. The molecular formula is C14H15N3O3. The van der Waals surface area contributed by atoms with E-state index >= 15 is 0 Å². The highest BCUT2D eigenvalue weighted by Gasteiger charge is 2.04. The molecule has 0 amide bonds. The van der Waals surface area contributed by atoms with Crippen LogP contribution in [-0.4, -0.2) is 29.1 Å². The van der Waals surface area contributed by atoms with Crippen molar-refractivity contribution in [1.82, 2.24) is 9.97 Å². The van der Waals surface area contributed by atoms with Gasteiger partial charge in [0.1, 0.15) is 5.82 Å². The summed E-state index contributed by atoms with van der Waals surface area (Å²) >= 11 is 0. The number of carbonyl (C=O) groups is 1. The molecular weight excluding hydrogens is 258 g/mol. The van der Waals surface area contributed by atoms with Gasteiger partial charge in [-0.2, -0.15) is 0 Å². The molecule has 1 heterocycles. The van der Waals surface area contributed by atoms with Gasteiger partial charge in [-0.25, -0.2) is 14.6 Å². The number of nitrogens with zero attached hydrogens (tertiary/aromatic N) is 1. The van der Waals surface area contributed by atoms with Crippen LogP contribution in [0.3, 0.4) is 0 Å². The topological polar surface area (TPSA) is 84.1 Å². The van der Waals surface area contributed by atoms with Gasteiger partial charge in [0.15, 0.2) is 0 Å². The van der Waals surface area contributed by atoms with Crippen molar-refractivity contribution in [2.45, 2.75) is 6.42 Å². The molecule has 1 aromatic carbocycles. The minimum absolute atomic E-state index is 0.316. The number of aromatic amines is 1. The summed E-state index contributed by atoms with van der Waals surface area (Å²) in [5.74, 6) is 0.266. The number of hydrogen-bond acceptors (Lipinski definition) is 5. The second kappa shape index (κ2) is 7.08.